The Bertz CT molecular complexity index is 330. The second kappa shape index (κ2) is 6.02. The van der Waals surface area contributed by atoms with Crippen molar-refractivity contribution in [3.63, 3.8) is 0 Å². The van der Waals surface area contributed by atoms with Gasteiger partial charge in [0.25, 0.3) is 0 Å². The molecule has 0 saturated heterocycles. The van der Waals surface area contributed by atoms with Crippen molar-refractivity contribution in [2.75, 3.05) is 6.54 Å². The molecule has 0 unspecified atom stereocenters. The second-order valence-electron chi connectivity index (χ2n) is 3.34. The van der Waals surface area contributed by atoms with Gasteiger partial charge in [0.2, 0.25) is 5.91 Å². The Morgan fingerprint density at radius 2 is 2.00 bits per heavy atom. The summed E-state index contributed by atoms with van der Waals surface area (Å²) in [6, 6.07) is 10.0. The largest absolute Gasteiger partial charge is 0.335 e. The number of amides is 1. The van der Waals surface area contributed by atoms with Crippen LogP contribution in [-0.4, -0.2) is 17.4 Å². The summed E-state index contributed by atoms with van der Waals surface area (Å²) >= 11 is 0. The van der Waals surface area contributed by atoms with Crippen molar-refractivity contribution in [1.29, 1.82) is 0 Å². The third kappa shape index (κ3) is 3.58. The molecule has 0 saturated carbocycles. The summed E-state index contributed by atoms with van der Waals surface area (Å²) in [6.45, 7) is 5.26. The minimum atomic E-state index is 0.0730. The van der Waals surface area contributed by atoms with E-state index in [1.54, 1.807) is 12.2 Å². The number of hydrogen-bond acceptors (Lipinski definition) is 1. The van der Waals surface area contributed by atoms with Crippen molar-refractivity contribution in [2.45, 2.75) is 20.4 Å². The van der Waals surface area contributed by atoms with Crippen LogP contribution in [0, 0.1) is 0 Å². The lowest BCUT2D eigenvalue weighted by atomic mass is 10.2. The normalized spacial score (nSPS) is 10.5. The van der Waals surface area contributed by atoms with Gasteiger partial charge in [0.1, 0.15) is 0 Å². The van der Waals surface area contributed by atoms with Crippen molar-refractivity contribution in [2.24, 2.45) is 0 Å². The van der Waals surface area contributed by atoms with Gasteiger partial charge < -0.3 is 4.90 Å². The first kappa shape index (κ1) is 11.5. The van der Waals surface area contributed by atoms with E-state index in [0.717, 1.165) is 12.1 Å². The van der Waals surface area contributed by atoms with Crippen LogP contribution < -0.4 is 0 Å². The average Bonchev–Trinajstić information content (AvgIpc) is 2.27. The fourth-order valence-corrected chi connectivity index (χ4v) is 1.40. The van der Waals surface area contributed by atoms with Gasteiger partial charge in [0.15, 0.2) is 0 Å². The van der Waals surface area contributed by atoms with Gasteiger partial charge in [-0.05, 0) is 25.5 Å². The summed E-state index contributed by atoms with van der Waals surface area (Å²) in [5.41, 5.74) is 1.16. The lowest BCUT2D eigenvalue weighted by Gasteiger charge is -2.19. The molecule has 2 heteroatoms. The molecule has 80 valence electrons. The minimum Gasteiger partial charge on any atom is -0.335 e. The lowest BCUT2D eigenvalue weighted by Crippen LogP contribution is -2.28. The summed E-state index contributed by atoms with van der Waals surface area (Å²) in [5.74, 6) is 0.0730. The number of hydrogen-bond donors (Lipinski definition) is 0. The molecule has 0 aliphatic carbocycles. The van der Waals surface area contributed by atoms with Gasteiger partial charge in [0, 0.05) is 13.1 Å². The average molecular weight is 203 g/mol. The van der Waals surface area contributed by atoms with Crippen LogP contribution in [0.15, 0.2) is 42.5 Å². The van der Waals surface area contributed by atoms with E-state index >= 15 is 0 Å². The van der Waals surface area contributed by atoms with E-state index in [1.165, 1.54) is 0 Å². The zero-order valence-corrected chi connectivity index (χ0v) is 9.31. The zero-order valence-electron chi connectivity index (χ0n) is 9.31. The van der Waals surface area contributed by atoms with Gasteiger partial charge >= 0.3 is 0 Å². The molecule has 0 fully saturated rings. The molecule has 0 bridgehead atoms. The first-order chi connectivity index (χ1) is 7.27. The second-order valence-corrected chi connectivity index (χ2v) is 3.34. The third-order valence-electron chi connectivity index (χ3n) is 2.22. The van der Waals surface area contributed by atoms with Crippen LogP contribution in [0.1, 0.15) is 19.4 Å². The van der Waals surface area contributed by atoms with E-state index in [9.17, 15) is 4.79 Å². The van der Waals surface area contributed by atoms with Gasteiger partial charge in [-0.15, -0.1) is 0 Å². The molecule has 0 radical (unpaired) electrons. The summed E-state index contributed by atoms with van der Waals surface area (Å²) < 4.78 is 0. The van der Waals surface area contributed by atoms with Crippen molar-refractivity contribution in [3.8, 4) is 0 Å². The van der Waals surface area contributed by atoms with E-state index in [4.69, 9.17) is 0 Å². The monoisotopic (exact) mass is 203 g/mol. The topological polar surface area (TPSA) is 20.3 Å². The Balaban J connectivity index is 2.66. The minimum absolute atomic E-state index is 0.0730. The predicted octanol–water partition coefficient (Wildman–Crippen LogP) is 2.61. The first-order valence-corrected chi connectivity index (χ1v) is 5.23. The van der Waals surface area contributed by atoms with Crippen LogP contribution in [0.25, 0.3) is 0 Å². The number of benzene rings is 1. The fraction of sp³-hybridized carbons (Fsp3) is 0.308. The molecule has 0 atom stereocenters. The molecule has 0 aliphatic rings. The number of likely N-dealkylation sites (N-methyl/N-ethyl adjacent to an activating group) is 1. The zero-order chi connectivity index (χ0) is 11.1. The Morgan fingerprint density at radius 3 is 2.53 bits per heavy atom. The van der Waals surface area contributed by atoms with Crippen molar-refractivity contribution in [3.05, 3.63) is 48.0 Å². The highest BCUT2D eigenvalue weighted by molar-refractivity contribution is 5.87. The summed E-state index contributed by atoms with van der Waals surface area (Å²) in [4.78, 5) is 13.4. The molecule has 1 aromatic carbocycles. The van der Waals surface area contributed by atoms with E-state index < -0.39 is 0 Å². The number of allylic oxidation sites excluding steroid dienone is 1. The Hall–Kier alpha value is -1.57. The van der Waals surface area contributed by atoms with Gasteiger partial charge in [-0.1, -0.05) is 36.4 Å². The van der Waals surface area contributed by atoms with Gasteiger partial charge in [-0.2, -0.15) is 0 Å². The molecule has 1 amide bonds. The molecule has 0 aromatic heterocycles. The Morgan fingerprint density at radius 1 is 1.33 bits per heavy atom. The highest BCUT2D eigenvalue weighted by Crippen LogP contribution is 2.04. The molecular weight excluding hydrogens is 186 g/mol. The summed E-state index contributed by atoms with van der Waals surface area (Å²) in [7, 11) is 0. The maximum atomic E-state index is 11.6. The van der Waals surface area contributed by atoms with Gasteiger partial charge in [-0.3, -0.25) is 4.79 Å². The predicted molar refractivity (Wildman–Crippen MR) is 62.3 cm³/mol. The first-order valence-electron chi connectivity index (χ1n) is 5.23. The van der Waals surface area contributed by atoms with Crippen molar-refractivity contribution >= 4 is 5.91 Å². The van der Waals surface area contributed by atoms with Gasteiger partial charge in [0.05, 0.1) is 0 Å². The molecule has 0 aliphatic heterocycles. The van der Waals surface area contributed by atoms with Crippen LogP contribution >= 0.6 is 0 Å². The quantitative estimate of drug-likeness (QED) is 0.689. The van der Waals surface area contributed by atoms with Crippen LogP contribution in [0.3, 0.4) is 0 Å². The molecule has 0 spiro atoms. The Kier molecular flexibility index (Phi) is 4.61. The molecule has 1 rings (SSSR count). The maximum absolute atomic E-state index is 11.6. The van der Waals surface area contributed by atoms with Crippen LogP contribution in [0.5, 0.6) is 0 Å². The molecule has 1 aromatic rings. The number of carbonyl (C=O) groups is 1. The smallest absolute Gasteiger partial charge is 0.246 e. The van der Waals surface area contributed by atoms with Crippen molar-refractivity contribution < 1.29 is 4.79 Å². The third-order valence-corrected chi connectivity index (χ3v) is 2.22. The summed E-state index contributed by atoms with van der Waals surface area (Å²) in [6.07, 6.45) is 3.38. The van der Waals surface area contributed by atoms with Crippen molar-refractivity contribution in [1.82, 2.24) is 4.90 Å². The molecule has 15 heavy (non-hydrogen) atoms. The highest BCUT2D eigenvalue weighted by atomic mass is 16.2. The standard InChI is InChI=1S/C13H17NO/c1-3-8-13(15)14(4-2)11-12-9-6-5-7-10-12/h3,5-10H,4,11H2,1-2H3/b8-3+. The molecule has 0 heterocycles. The molecule has 0 N–H and O–H groups in total. The number of rotatable bonds is 4. The number of carbonyl (C=O) groups excluding carboxylic acids is 1. The van der Waals surface area contributed by atoms with E-state index in [-0.39, 0.29) is 5.91 Å². The van der Waals surface area contributed by atoms with E-state index in [0.29, 0.717) is 6.54 Å². The Labute approximate surface area is 91.2 Å². The number of nitrogens with zero attached hydrogens (tertiary/aromatic N) is 1. The lowest BCUT2D eigenvalue weighted by molar-refractivity contribution is -0.126. The van der Waals surface area contributed by atoms with E-state index in [2.05, 4.69) is 0 Å². The van der Waals surface area contributed by atoms with Crippen LogP contribution in [0.4, 0.5) is 0 Å². The van der Waals surface area contributed by atoms with Crippen LogP contribution in [0.2, 0.25) is 0 Å². The van der Waals surface area contributed by atoms with Crippen LogP contribution in [-0.2, 0) is 11.3 Å². The fourth-order valence-electron chi connectivity index (χ4n) is 1.40. The van der Waals surface area contributed by atoms with E-state index in [1.807, 2.05) is 49.1 Å². The van der Waals surface area contributed by atoms with Gasteiger partial charge in [-0.25, -0.2) is 0 Å². The SMILES string of the molecule is C/C=C/C(=O)N(CC)Cc1ccccc1. The molecular formula is C13H17NO. The summed E-state index contributed by atoms with van der Waals surface area (Å²) in [5, 5.41) is 0. The highest BCUT2D eigenvalue weighted by Gasteiger charge is 2.07. The molecule has 2 nitrogen and oxygen atoms in total. The maximum Gasteiger partial charge on any atom is 0.246 e.